The third kappa shape index (κ3) is 9.11. The van der Waals surface area contributed by atoms with Crippen LogP contribution in [0.4, 0.5) is 4.79 Å². The van der Waals surface area contributed by atoms with Crippen LogP contribution in [-0.4, -0.2) is 26.4 Å². The van der Waals surface area contributed by atoms with Crippen molar-refractivity contribution < 1.29 is 19.0 Å². The van der Waals surface area contributed by atoms with Crippen LogP contribution in [0.15, 0.2) is 54.6 Å². The Labute approximate surface area is 161 Å². The van der Waals surface area contributed by atoms with Crippen molar-refractivity contribution in [2.24, 2.45) is 0 Å². The third-order valence-corrected chi connectivity index (χ3v) is 4.13. The molecule has 1 N–H and O–H groups in total. The number of carbonyl (C=O) groups excluding carboxylic acids is 1. The van der Waals surface area contributed by atoms with Crippen LogP contribution in [0, 0.1) is 0 Å². The van der Waals surface area contributed by atoms with Gasteiger partial charge in [0.1, 0.15) is 12.4 Å². The summed E-state index contributed by atoms with van der Waals surface area (Å²) in [5.74, 6) is 0.858. The Morgan fingerprint density at radius 3 is 2.30 bits per heavy atom. The van der Waals surface area contributed by atoms with Gasteiger partial charge in [0.25, 0.3) is 0 Å². The highest BCUT2D eigenvalue weighted by atomic mass is 16.5. The molecule has 2 rings (SSSR count). The summed E-state index contributed by atoms with van der Waals surface area (Å²) in [6.07, 6.45) is 3.75. The number of unbranched alkanes of at least 4 members (excludes halogenated alkanes) is 3. The molecule has 0 atom stereocenters. The fraction of sp³-hybridized carbons (Fsp3) is 0.409. The molecule has 0 fully saturated rings. The molecule has 146 valence electrons. The van der Waals surface area contributed by atoms with E-state index in [9.17, 15) is 4.79 Å². The lowest BCUT2D eigenvalue weighted by molar-refractivity contribution is 0.116. The second-order valence-corrected chi connectivity index (χ2v) is 6.30. The lowest BCUT2D eigenvalue weighted by Gasteiger charge is -2.07. The highest BCUT2D eigenvalue weighted by Gasteiger charge is 2.01. The lowest BCUT2D eigenvalue weighted by atomic mass is 10.2. The summed E-state index contributed by atoms with van der Waals surface area (Å²) in [7, 11) is 1.66. The van der Waals surface area contributed by atoms with E-state index in [1.165, 1.54) is 0 Å². The first-order valence-corrected chi connectivity index (χ1v) is 9.43. The van der Waals surface area contributed by atoms with Gasteiger partial charge in [0.15, 0.2) is 0 Å². The molecular formula is C22H29NO4. The predicted octanol–water partition coefficient (Wildman–Crippen LogP) is 4.70. The van der Waals surface area contributed by atoms with Gasteiger partial charge in [-0.25, -0.2) is 4.79 Å². The van der Waals surface area contributed by atoms with Crippen molar-refractivity contribution >= 4 is 6.09 Å². The van der Waals surface area contributed by atoms with E-state index in [4.69, 9.17) is 14.2 Å². The number of carbonyl (C=O) groups is 1. The highest BCUT2D eigenvalue weighted by Crippen LogP contribution is 2.12. The van der Waals surface area contributed by atoms with Crippen LogP contribution in [0.2, 0.25) is 0 Å². The van der Waals surface area contributed by atoms with Crippen LogP contribution in [0.25, 0.3) is 0 Å². The summed E-state index contributed by atoms with van der Waals surface area (Å²) in [5, 5.41) is 2.78. The Morgan fingerprint density at radius 2 is 1.56 bits per heavy atom. The van der Waals surface area contributed by atoms with Crippen molar-refractivity contribution in [2.75, 3.05) is 20.3 Å². The number of hydrogen-bond acceptors (Lipinski definition) is 4. The Balaban J connectivity index is 1.40. The quantitative estimate of drug-likeness (QED) is 0.550. The smallest absolute Gasteiger partial charge is 0.407 e. The second kappa shape index (κ2) is 12.8. The highest BCUT2D eigenvalue weighted by molar-refractivity contribution is 5.67. The van der Waals surface area contributed by atoms with Crippen LogP contribution < -0.4 is 10.1 Å². The van der Waals surface area contributed by atoms with Crippen molar-refractivity contribution in [3.05, 3.63) is 65.7 Å². The maximum atomic E-state index is 11.6. The Morgan fingerprint density at radius 1 is 0.852 bits per heavy atom. The minimum Gasteiger partial charge on any atom is -0.497 e. The first kappa shape index (κ1) is 20.8. The maximum Gasteiger partial charge on any atom is 0.407 e. The zero-order chi connectivity index (χ0) is 19.2. The van der Waals surface area contributed by atoms with E-state index in [0.29, 0.717) is 19.8 Å². The molecule has 0 heterocycles. The fourth-order valence-corrected chi connectivity index (χ4v) is 2.56. The van der Waals surface area contributed by atoms with Gasteiger partial charge in [-0.05, 0) is 36.1 Å². The standard InChI is InChI=1S/C22H29NO4/c1-25-21-13-11-20(12-14-21)17-26-16-8-3-2-7-15-23-22(24)27-18-19-9-5-4-6-10-19/h4-6,9-14H,2-3,7-8,15-18H2,1H3,(H,23,24). The molecule has 5 heteroatoms. The first-order chi connectivity index (χ1) is 13.3. The van der Waals surface area contributed by atoms with Gasteiger partial charge in [-0.3, -0.25) is 0 Å². The Bertz CT molecular complexity index is 643. The number of alkyl carbamates (subject to hydrolysis) is 1. The fourth-order valence-electron chi connectivity index (χ4n) is 2.56. The lowest BCUT2D eigenvalue weighted by Crippen LogP contribution is -2.25. The summed E-state index contributed by atoms with van der Waals surface area (Å²) in [6.45, 7) is 2.32. The number of benzene rings is 2. The van der Waals surface area contributed by atoms with Gasteiger partial charge in [0, 0.05) is 13.2 Å². The molecule has 0 aromatic heterocycles. The molecule has 0 bridgehead atoms. The van der Waals surface area contributed by atoms with Gasteiger partial charge in [-0.1, -0.05) is 55.3 Å². The first-order valence-electron chi connectivity index (χ1n) is 9.43. The Hall–Kier alpha value is -2.53. The maximum absolute atomic E-state index is 11.6. The molecule has 0 aliphatic rings. The molecule has 0 saturated carbocycles. The largest absolute Gasteiger partial charge is 0.497 e. The monoisotopic (exact) mass is 371 g/mol. The zero-order valence-electron chi connectivity index (χ0n) is 16.0. The second-order valence-electron chi connectivity index (χ2n) is 6.30. The van der Waals surface area contributed by atoms with E-state index in [1.54, 1.807) is 7.11 Å². The predicted molar refractivity (Wildman–Crippen MR) is 106 cm³/mol. The van der Waals surface area contributed by atoms with Gasteiger partial charge >= 0.3 is 6.09 Å². The molecule has 0 spiro atoms. The van der Waals surface area contributed by atoms with Gasteiger partial charge < -0.3 is 19.5 Å². The van der Waals surface area contributed by atoms with Crippen LogP contribution in [0.5, 0.6) is 5.75 Å². The minimum atomic E-state index is -0.360. The number of hydrogen-bond donors (Lipinski definition) is 1. The van der Waals surface area contributed by atoms with Crippen molar-refractivity contribution in [1.82, 2.24) is 5.32 Å². The van der Waals surface area contributed by atoms with E-state index in [2.05, 4.69) is 5.32 Å². The van der Waals surface area contributed by atoms with Crippen molar-refractivity contribution in [3.63, 3.8) is 0 Å². The molecule has 0 saturated heterocycles. The average molecular weight is 371 g/mol. The molecule has 0 radical (unpaired) electrons. The minimum absolute atomic E-state index is 0.304. The molecule has 5 nitrogen and oxygen atoms in total. The number of rotatable bonds is 12. The molecule has 0 unspecified atom stereocenters. The SMILES string of the molecule is COc1ccc(COCCCCCCNC(=O)OCc2ccccc2)cc1. The van der Waals surface area contributed by atoms with Crippen molar-refractivity contribution in [3.8, 4) is 5.75 Å². The summed E-state index contributed by atoms with van der Waals surface area (Å²) >= 11 is 0. The molecule has 27 heavy (non-hydrogen) atoms. The third-order valence-electron chi connectivity index (χ3n) is 4.13. The Kier molecular flexibility index (Phi) is 9.82. The van der Waals surface area contributed by atoms with Crippen LogP contribution in [-0.2, 0) is 22.7 Å². The van der Waals surface area contributed by atoms with E-state index in [1.807, 2.05) is 54.6 Å². The van der Waals surface area contributed by atoms with Gasteiger partial charge in [0.05, 0.1) is 13.7 Å². The van der Waals surface area contributed by atoms with Gasteiger partial charge in [-0.2, -0.15) is 0 Å². The van der Waals surface area contributed by atoms with Crippen molar-refractivity contribution in [1.29, 1.82) is 0 Å². The average Bonchev–Trinajstić information content (AvgIpc) is 2.72. The van der Waals surface area contributed by atoms with Gasteiger partial charge in [0.2, 0.25) is 0 Å². The molecule has 2 aromatic rings. The molecule has 2 aromatic carbocycles. The number of nitrogens with one attached hydrogen (secondary N) is 1. The normalized spacial score (nSPS) is 10.4. The summed E-state index contributed by atoms with van der Waals surface area (Å²) in [6, 6.07) is 17.6. The molecule has 0 aliphatic carbocycles. The number of methoxy groups -OCH3 is 1. The van der Waals surface area contributed by atoms with Gasteiger partial charge in [-0.15, -0.1) is 0 Å². The number of ether oxygens (including phenoxy) is 3. The molecule has 1 amide bonds. The summed E-state index contributed by atoms with van der Waals surface area (Å²) < 4.78 is 16.0. The van der Waals surface area contributed by atoms with E-state index >= 15 is 0 Å². The van der Waals surface area contributed by atoms with E-state index < -0.39 is 0 Å². The zero-order valence-corrected chi connectivity index (χ0v) is 16.0. The van der Waals surface area contributed by atoms with Crippen LogP contribution in [0.1, 0.15) is 36.8 Å². The van der Waals surface area contributed by atoms with Crippen LogP contribution >= 0.6 is 0 Å². The van der Waals surface area contributed by atoms with Crippen LogP contribution in [0.3, 0.4) is 0 Å². The molecular weight excluding hydrogens is 342 g/mol. The summed E-state index contributed by atoms with van der Waals surface area (Å²) in [4.78, 5) is 11.6. The topological polar surface area (TPSA) is 56.8 Å². The molecule has 0 aliphatic heterocycles. The van der Waals surface area contributed by atoms with Crippen molar-refractivity contribution in [2.45, 2.75) is 38.9 Å². The summed E-state index contributed by atoms with van der Waals surface area (Å²) in [5.41, 5.74) is 2.14. The van der Waals surface area contributed by atoms with E-state index in [0.717, 1.165) is 49.2 Å². The number of amides is 1. The van der Waals surface area contributed by atoms with E-state index in [-0.39, 0.29) is 6.09 Å².